The Morgan fingerprint density at radius 2 is 1.83 bits per heavy atom. The molecule has 0 unspecified atom stereocenters. The smallest absolute Gasteiger partial charge is 0.407 e. The standard InChI is InChI=1S/C10H21N3O4S/c1-10(2,3)17-9(14)11-8-6-13(7-8)18(15,16)12(4)5/h8H,6-7H2,1-5H3,(H,11,14). The molecule has 0 atom stereocenters. The van der Waals surface area contributed by atoms with E-state index < -0.39 is 21.9 Å². The summed E-state index contributed by atoms with van der Waals surface area (Å²) < 4.78 is 30.9. The van der Waals surface area contributed by atoms with Crippen molar-refractivity contribution in [3.63, 3.8) is 0 Å². The molecule has 0 bridgehead atoms. The highest BCUT2D eigenvalue weighted by Gasteiger charge is 2.38. The summed E-state index contributed by atoms with van der Waals surface area (Å²) in [6, 6.07) is -0.186. The fourth-order valence-corrected chi connectivity index (χ4v) is 2.62. The van der Waals surface area contributed by atoms with Crippen LogP contribution in [0.2, 0.25) is 0 Å². The van der Waals surface area contributed by atoms with Gasteiger partial charge in [0.2, 0.25) is 0 Å². The number of nitrogens with zero attached hydrogens (tertiary/aromatic N) is 2. The molecular weight excluding hydrogens is 258 g/mol. The molecule has 0 radical (unpaired) electrons. The van der Waals surface area contributed by atoms with E-state index in [1.807, 2.05) is 0 Å². The molecule has 1 amide bonds. The minimum Gasteiger partial charge on any atom is -0.444 e. The van der Waals surface area contributed by atoms with E-state index in [1.54, 1.807) is 20.8 Å². The second-order valence-electron chi connectivity index (χ2n) is 5.45. The first-order chi connectivity index (χ1) is 8.02. The molecule has 8 heteroatoms. The Bertz CT molecular complexity index is 407. The number of rotatable bonds is 3. The van der Waals surface area contributed by atoms with E-state index in [2.05, 4.69) is 5.32 Å². The van der Waals surface area contributed by atoms with E-state index in [4.69, 9.17) is 4.74 Å². The summed E-state index contributed by atoms with van der Waals surface area (Å²) in [5.74, 6) is 0. The van der Waals surface area contributed by atoms with Gasteiger partial charge in [-0.05, 0) is 20.8 Å². The third-order valence-corrected chi connectivity index (χ3v) is 4.23. The monoisotopic (exact) mass is 279 g/mol. The zero-order valence-electron chi connectivity index (χ0n) is 11.4. The lowest BCUT2D eigenvalue weighted by molar-refractivity contribution is 0.0457. The average molecular weight is 279 g/mol. The van der Waals surface area contributed by atoms with Crippen molar-refractivity contribution in [3.8, 4) is 0 Å². The first kappa shape index (κ1) is 15.2. The number of alkyl carbamates (subject to hydrolysis) is 1. The third kappa shape index (κ3) is 3.82. The van der Waals surface area contributed by atoms with Gasteiger partial charge in [-0.25, -0.2) is 4.79 Å². The molecule has 1 saturated heterocycles. The van der Waals surface area contributed by atoms with Crippen molar-refractivity contribution in [3.05, 3.63) is 0 Å². The van der Waals surface area contributed by atoms with Crippen molar-refractivity contribution in [2.75, 3.05) is 27.2 Å². The number of amides is 1. The zero-order valence-corrected chi connectivity index (χ0v) is 12.2. The highest BCUT2D eigenvalue weighted by molar-refractivity contribution is 7.86. The maximum Gasteiger partial charge on any atom is 0.407 e. The van der Waals surface area contributed by atoms with Gasteiger partial charge in [-0.3, -0.25) is 0 Å². The first-order valence-electron chi connectivity index (χ1n) is 5.69. The Labute approximate surface area is 108 Å². The Morgan fingerprint density at radius 1 is 1.33 bits per heavy atom. The van der Waals surface area contributed by atoms with Gasteiger partial charge in [0.25, 0.3) is 10.2 Å². The molecule has 0 aliphatic carbocycles. The summed E-state index contributed by atoms with van der Waals surface area (Å²) in [6.07, 6.45) is -0.519. The van der Waals surface area contributed by atoms with Gasteiger partial charge in [0.15, 0.2) is 0 Å². The van der Waals surface area contributed by atoms with Crippen LogP contribution in [0, 0.1) is 0 Å². The minimum absolute atomic E-state index is 0.186. The molecule has 0 aromatic heterocycles. The molecule has 1 N–H and O–H groups in total. The lowest BCUT2D eigenvalue weighted by Crippen LogP contribution is -2.62. The number of carbonyl (C=O) groups excluding carboxylic acids is 1. The fourth-order valence-electron chi connectivity index (χ4n) is 1.42. The second kappa shape index (κ2) is 5.02. The van der Waals surface area contributed by atoms with Crippen LogP contribution in [0.25, 0.3) is 0 Å². The molecule has 1 rings (SSSR count). The summed E-state index contributed by atoms with van der Waals surface area (Å²) in [6.45, 7) is 5.88. The molecule has 1 aliphatic heterocycles. The minimum atomic E-state index is -3.37. The molecule has 0 saturated carbocycles. The number of ether oxygens (including phenoxy) is 1. The molecular formula is C10H21N3O4S. The summed E-state index contributed by atoms with van der Waals surface area (Å²) in [5, 5.41) is 2.63. The number of nitrogens with one attached hydrogen (secondary N) is 1. The van der Waals surface area contributed by atoms with Gasteiger partial charge in [-0.1, -0.05) is 0 Å². The second-order valence-corrected chi connectivity index (χ2v) is 7.59. The van der Waals surface area contributed by atoms with E-state index in [0.29, 0.717) is 0 Å². The molecule has 1 aliphatic rings. The maximum absolute atomic E-state index is 11.7. The van der Waals surface area contributed by atoms with E-state index in [9.17, 15) is 13.2 Å². The van der Waals surface area contributed by atoms with Crippen molar-refractivity contribution in [2.45, 2.75) is 32.4 Å². The summed E-state index contributed by atoms with van der Waals surface area (Å²) in [4.78, 5) is 11.4. The van der Waals surface area contributed by atoms with Crippen LogP contribution in [0.4, 0.5) is 4.79 Å². The number of hydrogen-bond acceptors (Lipinski definition) is 4. The van der Waals surface area contributed by atoms with Crippen molar-refractivity contribution < 1.29 is 17.9 Å². The molecule has 0 aromatic carbocycles. The summed E-state index contributed by atoms with van der Waals surface area (Å²) in [5.41, 5.74) is -0.552. The highest BCUT2D eigenvalue weighted by Crippen LogP contribution is 2.16. The molecule has 106 valence electrons. The highest BCUT2D eigenvalue weighted by atomic mass is 32.2. The van der Waals surface area contributed by atoms with Gasteiger partial charge >= 0.3 is 6.09 Å². The van der Waals surface area contributed by atoms with Gasteiger partial charge in [-0.15, -0.1) is 0 Å². The SMILES string of the molecule is CN(C)S(=O)(=O)N1CC(NC(=O)OC(C)(C)C)C1. The molecule has 0 aromatic rings. The molecule has 0 spiro atoms. The van der Waals surface area contributed by atoms with Crippen LogP contribution in [-0.2, 0) is 14.9 Å². The van der Waals surface area contributed by atoms with Crippen molar-refractivity contribution in [1.82, 2.24) is 13.9 Å². The van der Waals surface area contributed by atoms with Crippen molar-refractivity contribution >= 4 is 16.3 Å². The molecule has 18 heavy (non-hydrogen) atoms. The molecule has 7 nitrogen and oxygen atoms in total. The zero-order chi connectivity index (χ0) is 14.1. The fraction of sp³-hybridized carbons (Fsp3) is 0.900. The predicted molar refractivity (Wildman–Crippen MR) is 67.3 cm³/mol. The Hall–Kier alpha value is -0.860. The average Bonchev–Trinajstić information content (AvgIpc) is 2.06. The van der Waals surface area contributed by atoms with E-state index in [-0.39, 0.29) is 19.1 Å². The Morgan fingerprint density at radius 3 is 2.22 bits per heavy atom. The van der Waals surface area contributed by atoms with Gasteiger partial charge in [0, 0.05) is 27.2 Å². The van der Waals surface area contributed by atoms with E-state index in [1.165, 1.54) is 18.4 Å². The summed E-state index contributed by atoms with van der Waals surface area (Å²) >= 11 is 0. The van der Waals surface area contributed by atoms with Crippen LogP contribution >= 0.6 is 0 Å². The Balaban J connectivity index is 2.38. The molecule has 1 heterocycles. The normalized spacial score (nSPS) is 18.6. The van der Waals surface area contributed by atoms with Crippen molar-refractivity contribution in [2.24, 2.45) is 0 Å². The molecule has 1 fully saturated rings. The van der Waals surface area contributed by atoms with Crippen LogP contribution in [0.1, 0.15) is 20.8 Å². The Kier molecular flexibility index (Phi) is 4.24. The van der Waals surface area contributed by atoms with Gasteiger partial charge in [0.1, 0.15) is 5.60 Å². The van der Waals surface area contributed by atoms with Crippen LogP contribution in [0.5, 0.6) is 0 Å². The largest absolute Gasteiger partial charge is 0.444 e. The maximum atomic E-state index is 11.7. The number of hydrogen-bond donors (Lipinski definition) is 1. The van der Waals surface area contributed by atoms with Crippen LogP contribution in [0.3, 0.4) is 0 Å². The summed E-state index contributed by atoms with van der Waals surface area (Å²) in [7, 11) is -0.417. The van der Waals surface area contributed by atoms with Gasteiger partial charge < -0.3 is 10.1 Å². The topological polar surface area (TPSA) is 79.0 Å². The van der Waals surface area contributed by atoms with Crippen LogP contribution in [0.15, 0.2) is 0 Å². The first-order valence-corrected chi connectivity index (χ1v) is 7.09. The van der Waals surface area contributed by atoms with Crippen molar-refractivity contribution in [1.29, 1.82) is 0 Å². The lowest BCUT2D eigenvalue weighted by Gasteiger charge is -2.39. The predicted octanol–water partition coefficient (Wildman–Crippen LogP) is 0.00170. The number of carbonyl (C=O) groups is 1. The lowest BCUT2D eigenvalue weighted by atomic mass is 10.2. The van der Waals surface area contributed by atoms with E-state index in [0.717, 1.165) is 4.31 Å². The quantitative estimate of drug-likeness (QED) is 0.789. The third-order valence-electron chi connectivity index (χ3n) is 2.36. The van der Waals surface area contributed by atoms with Gasteiger partial charge in [0.05, 0.1) is 6.04 Å². The van der Waals surface area contributed by atoms with Crippen LogP contribution < -0.4 is 5.32 Å². The van der Waals surface area contributed by atoms with Crippen LogP contribution in [-0.4, -0.2) is 61.9 Å². The van der Waals surface area contributed by atoms with E-state index >= 15 is 0 Å². The van der Waals surface area contributed by atoms with Gasteiger partial charge in [-0.2, -0.15) is 17.0 Å².